The summed E-state index contributed by atoms with van der Waals surface area (Å²) < 4.78 is 5.30. The predicted molar refractivity (Wildman–Crippen MR) is 83.0 cm³/mol. The molecule has 8 heteroatoms. The van der Waals surface area contributed by atoms with Gasteiger partial charge < -0.3 is 9.42 Å². The number of rotatable bonds is 3. The van der Waals surface area contributed by atoms with Gasteiger partial charge in [-0.1, -0.05) is 19.0 Å². The Bertz CT molecular complexity index is 692. The Hall–Kier alpha value is -2.22. The number of hydrogen-bond donors (Lipinski definition) is 1. The van der Waals surface area contributed by atoms with Crippen LogP contribution in [-0.2, 0) is 0 Å². The molecule has 1 atom stereocenters. The van der Waals surface area contributed by atoms with E-state index >= 15 is 0 Å². The second kappa shape index (κ2) is 6.11. The van der Waals surface area contributed by atoms with Crippen molar-refractivity contribution in [1.82, 2.24) is 30.1 Å². The predicted octanol–water partition coefficient (Wildman–Crippen LogP) is 1.35. The maximum Gasteiger partial charge on any atom is 0.257 e. The molecule has 1 saturated heterocycles. The molecule has 1 amide bonds. The SMILES string of the molecule is Cc1noc(C2CN(C(=O)c3cn[nH]c3C(C)C)CCN2C)n1. The molecule has 2 aromatic heterocycles. The third-order valence-corrected chi connectivity index (χ3v) is 4.24. The van der Waals surface area contributed by atoms with Crippen molar-refractivity contribution in [2.24, 2.45) is 0 Å². The second-order valence-corrected chi connectivity index (χ2v) is 6.28. The van der Waals surface area contributed by atoms with Crippen LogP contribution in [0.3, 0.4) is 0 Å². The van der Waals surface area contributed by atoms with Gasteiger partial charge in [-0.2, -0.15) is 10.1 Å². The molecule has 0 aromatic carbocycles. The molecule has 8 nitrogen and oxygen atoms in total. The average molecular weight is 318 g/mol. The third kappa shape index (κ3) is 2.98. The fourth-order valence-corrected chi connectivity index (χ4v) is 2.85. The molecular formula is C15H22N6O2. The molecule has 3 rings (SSSR count). The van der Waals surface area contributed by atoms with Crippen molar-refractivity contribution in [3.05, 3.63) is 29.2 Å². The van der Waals surface area contributed by atoms with Gasteiger partial charge in [-0.15, -0.1) is 0 Å². The Kier molecular flexibility index (Phi) is 4.16. The molecule has 0 bridgehead atoms. The fraction of sp³-hybridized carbons (Fsp3) is 0.600. The molecule has 1 unspecified atom stereocenters. The van der Waals surface area contributed by atoms with E-state index in [0.717, 1.165) is 12.2 Å². The van der Waals surface area contributed by atoms with E-state index < -0.39 is 0 Å². The van der Waals surface area contributed by atoms with Crippen molar-refractivity contribution < 1.29 is 9.32 Å². The van der Waals surface area contributed by atoms with E-state index in [9.17, 15) is 4.79 Å². The minimum absolute atomic E-state index is 0.00297. The zero-order valence-electron chi connectivity index (χ0n) is 13.9. The number of aromatic amines is 1. The largest absolute Gasteiger partial charge is 0.338 e. The van der Waals surface area contributed by atoms with Gasteiger partial charge in [-0.25, -0.2) is 0 Å². The second-order valence-electron chi connectivity index (χ2n) is 6.28. The number of piperazine rings is 1. The quantitative estimate of drug-likeness (QED) is 0.918. The number of hydrogen-bond acceptors (Lipinski definition) is 6. The summed E-state index contributed by atoms with van der Waals surface area (Å²) in [6, 6.07) is -0.0803. The number of nitrogens with one attached hydrogen (secondary N) is 1. The van der Waals surface area contributed by atoms with Crippen LogP contribution in [0.5, 0.6) is 0 Å². The van der Waals surface area contributed by atoms with Crippen molar-refractivity contribution in [2.45, 2.75) is 32.7 Å². The molecule has 2 aromatic rings. The van der Waals surface area contributed by atoms with Gasteiger partial charge >= 0.3 is 0 Å². The lowest BCUT2D eigenvalue weighted by atomic mass is 10.0. The van der Waals surface area contributed by atoms with Crippen LogP contribution in [0.25, 0.3) is 0 Å². The smallest absolute Gasteiger partial charge is 0.257 e. The van der Waals surface area contributed by atoms with Gasteiger partial charge in [-0.3, -0.25) is 14.8 Å². The number of carbonyl (C=O) groups is 1. The maximum absolute atomic E-state index is 12.9. The van der Waals surface area contributed by atoms with E-state index in [1.165, 1.54) is 0 Å². The van der Waals surface area contributed by atoms with Crippen molar-refractivity contribution in [3.8, 4) is 0 Å². The van der Waals surface area contributed by atoms with Crippen molar-refractivity contribution >= 4 is 5.91 Å². The van der Waals surface area contributed by atoms with E-state index in [0.29, 0.717) is 30.4 Å². The summed E-state index contributed by atoms with van der Waals surface area (Å²) in [7, 11) is 2.00. The van der Waals surface area contributed by atoms with E-state index in [1.807, 2.05) is 25.8 Å². The Morgan fingerprint density at radius 1 is 1.43 bits per heavy atom. The zero-order chi connectivity index (χ0) is 16.6. The topological polar surface area (TPSA) is 91.2 Å². The molecule has 1 fully saturated rings. The van der Waals surface area contributed by atoms with Crippen LogP contribution in [0.15, 0.2) is 10.7 Å². The Morgan fingerprint density at radius 2 is 2.22 bits per heavy atom. The highest BCUT2D eigenvalue weighted by Crippen LogP contribution is 2.25. The number of H-pyrrole nitrogens is 1. The van der Waals surface area contributed by atoms with E-state index in [2.05, 4.69) is 25.2 Å². The van der Waals surface area contributed by atoms with Gasteiger partial charge in [0.1, 0.15) is 6.04 Å². The number of aromatic nitrogens is 4. The standard InChI is InChI=1S/C15H22N6O2/c1-9(2)13-11(7-16-18-13)15(22)21-6-5-20(4)12(8-21)14-17-10(3)19-23-14/h7,9,12H,5-6,8H2,1-4H3,(H,16,18). The Labute approximate surface area is 134 Å². The van der Waals surface area contributed by atoms with Crippen LogP contribution in [0.4, 0.5) is 0 Å². The molecule has 1 aliphatic heterocycles. The van der Waals surface area contributed by atoms with Crippen LogP contribution in [0.2, 0.25) is 0 Å². The zero-order valence-corrected chi connectivity index (χ0v) is 13.9. The highest BCUT2D eigenvalue weighted by Gasteiger charge is 2.33. The average Bonchev–Trinajstić information content (AvgIpc) is 3.16. The van der Waals surface area contributed by atoms with Gasteiger partial charge in [0.15, 0.2) is 5.82 Å². The first kappa shape index (κ1) is 15.7. The summed E-state index contributed by atoms with van der Waals surface area (Å²) in [5.41, 5.74) is 1.52. The van der Waals surface area contributed by atoms with Gasteiger partial charge in [0.25, 0.3) is 5.91 Å². The lowest BCUT2D eigenvalue weighted by molar-refractivity contribution is 0.0487. The fourth-order valence-electron chi connectivity index (χ4n) is 2.85. The number of carbonyl (C=O) groups excluding carboxylic acids is 1. The van der Waals surface area contributed by atoms with Crippen LogP contribution in [0.1, 0.15) is 53.6 Å². The molecule has 124 valence electrons. The van der Waals surface area contributed by atoms with Gasteiger partial charge in [-0.05, 0) is 19.9 Å². The lowest BCUT2D eigenvalue weighted by Gasteiger charge is -2.37. The molecule has 1 aliphatic rings. The van der Waals surface area contributed by atoms with Crippen LogP contribution in [-0.4, -0.2) is 62.7 Å². The summed E-state index contributed by atoms with van der Waals surface area (Å²) in [5, 5.41) is 10.8. The lowest BCUT2D eigenvalue weighted by Crippen LogP contribution is -2.49. The molecule has 0 saturated carbocycles. The summed E-state index contributed by atoms with van der Waals surface area (Å²) in [4.78, 5) is 21.1. The van der Waals surface area contributed by atoms with Crippen molar-refractivity contribution in [2.75, 3.05) is 26.7 Å². The minimum atomic E-state index is -0.0803. The van der Waals surface area contributed by atoms with E-state index in [4.69, 9.17) is 4.52 Å². The number of nitrogens with zero attached hydrogens (tertiary/aromatic N) is 5. The molecule has 0 aliphatic carbocycles. The maximum atomic E-state index is 12.9. The molecule has 3 heterocycles. The minimum Gasteiger partial charge on any atom is -0.338 e. The molecule has 0 radical (unpaired) electrons. The highest BCUT2D eigenvalue weighted by molar-refractivity contribution is 5.95. The van der Waals surface area contributed by atoms with Crippen molar-refractivity contribution in [1.29, 1.82) is 0 Å². The molecule has 0 spiro atoms. The van der Waals surface area contributed by atoms with Gasteiger partial charge in [0.2, 0.25) is 5.89 Å². The molecule has 1 N–H and O–H groups in total. The molecular weight excluding hydrogens is 296 g/mol. The summed E-state index contributed by atoms with van der Waals surface area (Å²) in [5.74, 6) is 1.38. The van der Waals surface area contributed by atoms with Crippen LogP contribution < -0.4 is 0 Å². The number of likely N-dealkylation sites (N-methyl/N-ethyl adjacent to an activating group) is 1. The van der Waals surface area contributed by atoms with Crippen molar-refractivity contribution in [3.63, 3.8) is 0 Å². The van der Waals surface area contributed by atoms with Crippen LogP contribution in [0, 0.1) is 6.92 Å². The van der Waals surface area contributed by atoms with Crippen LogP contribution >= 0.6 is 0 Å². The molecule has 23 heavy (non-hydrogen) atoms. The first-order valence-corrected chi connectivity index (χ1v) is 7.80. The monoisotopic (exact) mass is 318 g/mol. The number of aryl methyl sites for hydroxylation is 1. The van der Waals surface area contributed by atoms with E-state index in [-0.39, 0.29) is 17.9 Å². The van der Waals surface area contributed by atoms with E-state index in [1.54, 1.807) is 13.1 Å². The van der Waals surface area contributed by atoms with Gasteiger partial charge in [0, 0.05) is 19.6 Å². The first-order valence-electron chi connectivity index (χ1n) is 7.80. The third-order valence-electron chi connectivity index (χ3n) is 4.24. The highest BCUT2D eigenvalue weighted by atomic mass is 16.5. The Balaban J connectivity index is 1.80. The van der Waals surface area contributed by atoms with Gasteiger partial charge in [0.05, 0.1) is 17.5 Å². The summed E-state index contributed by atoms with van der Waals surface area (Å²) in [6.07, 6.45) is 1.61. The first-order chi connectivity index (χ1) is 11.0. The number of amides is 1. The Morgan fingerprint density at radius 3 is 2.87 bits per heavy atom. The summed E-state index contributed by atoms with van der Waals surface area (Å²) >= 11 is 0. The summed E-state index contributed by atoms with van der Waals surface area (Å²) in [6.45, 7) is 7.82. The normalized spacial score (nSPS) is 19.5.